The molecule has 23 heavy (non-hydrogen) atoms. The summed E-state index contributed by atoms with van der Waals surface area (Å²) in [7, 11) is 0. The molecular weight excluding hydrogens is 296 g/mol. The van der Waals surface area contributed by atoms with Gasteiger partial charge in [-0.05, 0) is 24.1 Å². The first kappa shape index (κ1) is 15.9. The molecule has 1 aromatic rings. The molecule has 2 amide bonds. The molecule has 2 fully saturated rings. The van der Waals surface area contributed by atoms with Gasteiger partial charge in [0.2, 0.25) is 11.8 Å². The van der Waals surface area contributed by atoms with Crippen LogP contribution < -0.4 is 5.73 Å². The Morgan fingerprint density at radius 2 is 2.00 bits per heavy atom. The third kappa shape index (κ3) is 3.51. The van der Waals surface area contributed by atoms with Crippen molar-refractivity contribution in [3.8, 4) is 0 Å². The Bertz CT molecular complexity index is 560. The Hall–Kier alpha value is -1.99. The molecule has 0 radical (unpaired) electrons. The highest BCUT2D eigenvalue weighted by molar-refractivity contribution is 5.91. The fraction of sp³-hybridized carbons (Fsp3) is 0.562. The molecule has 7 nitrogen and oxygen atoms in total. The molecule has 1 aromatic heterocycles. The number of aromatic nitrogens is 1. The summed E-state index contributed by atoms with van der Waals surface area (Å²) in [6.07, 6.45) is 4.48. The molecule has 2 saturated heterocycles. The van der Waals surface area contributed by atoms with Crippen molar-refractivity contribution in [2.24, 2.45) is 5.73 Å². The molecule has 0 aliphatic carbocycles. The molecule has 3 rings (SSSR count). The number of carbonyl (C=O) groups is 2. The third-order valence-electron chi connectivity index (χ3n) is 4.44. The van der Waals surface area contributed by atoms with Gasteiger partial charge in [0.05, 0.1) is 19.3 Å². The van der Waals surface area contributed by atoms with Crippen LogP contribution in [0.15, 0.2) is 24.5 Å². The minimum absolute atomic E-state index is 0.0208. The summed E-state index contributed by atoms with van der Waals surface area (Å²) in [6, 6.07) is 2.75. The van der Waals surface area contributed by atoms with Gasteiger partial charge >= 0.3 is 0 Å². The fourth-order valence-electron chi connectivity index (χ4n) is 3.10. The third-order valence-corrected chi connectivity index (χ3v) is 4.44. The van der Waals surface area contributed by atoms with Crippen molar-refractivity contribution in [3.05, 3.63) is 30.1 Å². The first-order valence-corrected chi connectivity index (χ1v) is 7.98. The normalized spacial score (nSPS) is 23.2. The summed E-state index contributed by atoms with van der Waals surface area (Å²) in [5.74, 6) is -0.154. The number of carbonyl (C=O) groups excluding carboxylic acids is 2. The molecule has 0 aromatic carbocycles. The van der Waals surface area contributed by atoms with Gasteiger partial charge in [0.1, 0.15) is 6.04 Å². The molecule has 124 valence electrons. The van der Waals surface area contributed by atoms with Gasteiger partial charge in [-0.2, -0.15) is 0 Å². The molecule has 0 unspecified atom stereocenters. The number of pyridine rings is 1. The van der Waals surface area contributed by atoms with Crippen molar-refractivity contribution in [1.82, 2.24) is 14.8 Å². The standard InChI is InChI=1S/C16H22N4O3/c17-13-3-6-20(15(13)21)14(11-12-1-4-18-5-2-12)16(22)19-7-9-23-10-8-19/h1-2,4-5,13-14H,3,6-11,17H2/t13-,14-/m0/s1. The predicted molar refractivity (Wildman–Crippen MR) is 83.4 cm³/mol. The maximum absolute atomic E-state index is 13.0. The van der Waals surface area contributed by atoms with E-state index in [9.17, 15) is 9.59 Å². The van der Waals surface area contributed by atoms with Crippen LogP contribution in [0, 0.1) is 0 Å². The minimum Gasteiger partial charge on any atom is -0.378 e. The zero-order chi connectivity index (χ0) is 16.2. The molecule has 2 aliphatic heterocycles. The number of morpholine rings is 1. The number of ether oxygens (including phenoxy) is 1. The molecular formula is C16H22N4O3. The van der Waals surface area contributed by atoms with E-state index < -0.39 is 12.1 Å². The smallest absolute Gasteiger partial charge is 0.245 e. The highest BCUT2D eigenvalue weighted by Crippen LogP contribution is 2.19. The predicted octanol–water partition coefficient (Wildman–Crippen LogP) is -0.589. The lowest BCUT2D eigenvalue weighted by molar-refractivity contribution is -0.146. The van der Waals surface area contributed by atoms with Gasteiger partial charge in [0.15, 0.2) is 0 Å². The van der Waals surface area contributed by atoms with Crippen LogP contribution in [-0.4, -0.2) is 71.5 Å². The monoisotopic (exact) mass is 318 g/mol. The van der Waals surface area contributed by atoms with E-state index in [4.69, 9.17) is 10.5 Å². The Kier molecular flexibility index (Phi) is 4.88. The first-order chi connectivity index (χ1) is 11.2. The van der Waals surface area contributed by atoms with Crippen molar-refractivity contribution in [2.45, 2.75) is 24.9 Å². The van der Waals surface area contributed by atoms with Crippen molar-refractivity contribution in [2.75, 3.05) is 32.8 Å². The van der Waals surface area contributed by atoms with Crippen LogP contribution in [0.5, 0.6) is 0 Å². The van der Waals surface area contributed by atoms with Crippen LogP contribution in [0.4, 0.5) is 0 Å². The Balaban J connectivity index is 1.80. The molecule has 3 heterocycles. The average molecular weight is 318 g/mol. The van der Waals surface area contributed by atoms with Crippen LogP contribution in [0.25, 0.3) is 0 Å². The van der Waals surface area contributed by atoms with E-state index >= 15 is 0 Å². The van der Waals surface area contributed by atoms with Gasteiger partial charge in [-0.1, -0.05) is 0 Å². The number of nitrogens with two attached hydrogens (primary N) is 1. The first-order valence-electron chi connectivity index (χ1n) is 7.98. The van der Waals surface area contributed by atoms with E-state index in [-0.39, 0.29) is 11.8 Å². The molecule has 2 N–H and O–H groups in total. The van der Waals surface area contributed by atoms with Crippen molar-refractivity contribution >= 4 is 11.8 Å². The molecule has 0 spiro atoms. The second kappa shape index (κ2) is 7.06. The summed E-state index contributed by atoms with van der Waals surface area (Å²) in [5.41, 5.74) is 6.82. The Morgan fingerprint density at radius 3 is 2.61 bits per heavy atom. The lowest BCUT2D eigenvalue weighted by Gasteiger charge is -2.34. The minimum atomic E-state index is -0.503. The molecule has 7 heteroatoms. The fourth-order valence-corrected chi connectivity index (χ4v) is 3.10. The summed E-state index contributed by atoms with van der Waals surface area (Å²) < 4.78 is 5.31. The highest BCUT2D eigenvalue weighted by Gasteiger charge is 2.39. The number of amides is 2. The van der Waals surface area contributed by atoms with Crippen molar-refractivity contribution < 1.29 is 14.3 Å². The second-order valence-corrected chi connectivity index (χ2v) is 5.94. The number of hydrogen-bond donors (Lipinski definition) is 1. The SMILES string of the molecule is N[C@H]1CCN([C@@H](Cc2ccncc2)C(=O)N2CCOCC2)C1=O. The van der Waals surface area contributed by atoms with Crippen LogP contribution in [0.3, 0.4) is 0 Å². The van der Waals surface area contributed by atoms with E-state index in [0.29, 0.717) is 45.7 Å². The van der Waals surface area contributed by atoms with Gasteiger partial charge in [-0.25, -0.2) is 0 Å². The van der Waals surface area contributed by atoms with E-state index in [2.05, 4.69) is 4.98 Å². The average Bonchev–Trinajstić information content (AvgIpc) is 2.93. The summed E-state index contributed by atoms with van der Waals surface area (Å²) >= 11 is 0. The van der Waals surface area contributed by atoms with E-state index in [1.165, 1.54) is 0 Å². The largest absolute Gasteiger partial charge is 0.378 e. The van der Waals surface area contributed by atoms with Gasteiger partial charge in [-0.15, -0.1) is 0 Å². The Labute approximate surface area is 135 Å². The summed E-state index contributed by atoms with van der Waals surface area (Å²) in [5, 5.41) is 0. The Morgan fingerprint density at radius 1 is 1.30 bits per heavy atom. The quantitative estimate of drug-likeness (QED) is 0.802. The zero-order valence-corrected chi connectivity index (χ0v) is 13.1. The molecule has 0 bridgehead atoms. The van der Waals surface area contributed by atoms with Crippen LogP contribution >= 0.6 is 0 Å². The molecule has 0 saturated carbocycles. The van der Waals surface area contributed by atoms with E-state index in [0.717, 1.165) is 5.56 Å². The van der Waals surface area contributed by atoms with Crippen molar-refractivity contribution in [3.63, 3.8) is 0 Å². The maximum atomic E-state index is 13.0. The van der Waals surface area contributed by atoms with Crippen LogP contribution in [-0.2, 0) is 20.7 Å². The van der Waals surface area contributed by atoms with Gasteiger partial charge in [0.25, 0.3) is 0 Å². The van der Waals surface area contributed by atoms with E-state index in [1.54, 1.807) is 22.2 Å². The van der Waals surface area contributed by atoms with Gasteiger partial charge in [0, 0.05) is 38.4 Å². The topological polar surface area (TPSA) is 88.8 Å². The van der Waals surface area contributed by atoms with Gasteiger partial charge < -0.3 is 20.3 Å². The number of likely N-dealkylation sites (tertiary alicyclic amines) is 1. The van der Waals surface area contributed by atoms with Crippen molar-refractivity contribution in [1.29, 1.82) is 0 Å². The second-order valence-electron chi connectivity index (χ2n) is 5.94. The molecule has 2 atom stereocenters. The van der Waals surface area contributed by atoms with Gasteiger partial charge in [-0.3, -0.25) is 14.6 Å². The number of nitrogens with zero attached hydrogens (tertiary/aromatic N) is 3. The number of hydrogen-bond acceptors (Lipinski definition) is 5. The molecule has 2 aliphatic rings. The lowest BCUT2D eigenvalue weighted by atomic mass is 10.0. The van der Waals surface area contributed by atoms with E-state index in [1.807, 2.05) is 12.1 Å². The van der Waals surface area contributed by atoms with Crippen LogP contribution in [0.1, 0.15) is 12.0 Å². The zero-order valence-electron chi connectivity index (χ0n) is 13.1. The van der Waals surface area contributed by atoms with Crippen LogP contribution in [0.2, 0.25) is 0 Å². The maximum Gasteiger partial charge on any atom is 0.245 e. The number of rotatable bonds is 4. The summed E-state index contributed by atoms with van der Waals surface area (Å²) in [6.45, 7) is 2.76. The summed E-state index contributed by atoms with van der Waals surface area (Å²) in [4.78, 5) is 32.7. The highest BCUT2D eigenvalue weighted by atomic mass is 16.5. The lowest BCUT2D eigenvalue weighted by Crippen LogP contribution is -2.54.